The zero-order valence-electron chi connectivity index (χ0n) is 8.93. The molecule has 0 N–H and O–H groups in total. The van der Waals surface area contributed by atoms with E-state index in [1.54, 1.807) is 11.8 Å². The smallest absolute Gasteiger partial charge is 0.410 e. The molecule has 84 valence electrons. The summed E-state index contributed by atoms with van der Waals surface area (Å²) in [6.07, 6.45) is -0.282. The number of hydrogen-bond donors (Lipinski definition) is 2. The molecule has 0 spiro atoms. The van der Waals surface area contributed by atoms with E-state index in [0.717, 1.165) is 0 Å². The minimum absolute atomic E-state index is 0.0690. The van der Waals surface area contributed by atoms with Crippen LogP contribution in [-0.4, -0.2) is 41.2 Å². The summed E-state index contributed by atoms with van der Waals surface area (Å²) >= 11 is 8.35. The lowest BCUT2D eigenvalue weighted by atomic mass is 10.2. The second kappa shape index (κ2) is 7.29. The van der Waals surface area contributed by atoms with Crippen LogP contribution in [0, 0.1) is 0 Å². The molecule has 0 bridgehead atoms. The van der Waals surface area contributed by atoms with E-state index in [4.69, 9.17) is 4.74 Å². The van der Waals surface area contributed by atoms with Gasteiger partial charge in [-0.05, 0) is 20.8 Å². The molecule has 3 nitrogen and oxygen atoms in total. The molecule has 0 saturated heterocycles. The first-order valence-electron chi connectivity index (χ1n) is 4.75. The summed E-state index contributed by atoms with van der Waals surface area (Å²) in [6, 6.07) is 0.138. The Hall–Kier alpha value is -0.0300. The molecule has 1 amide bonds. The Labute approximate surface area is 97.0 Å². The van der Waals surface area contributed by atoms with Gasteiger partial charge in [0, 0.05) is 23.6 Å². The van der Waals surface area contributed by atoms with Crippen molar-refractivity contribution in [3.8, 4) is 0 Å². The highest BCUT2D eigenvalue weighted by atomic mass is 32.1. The third kappa shape index (κ3) is 4.00. The first kappa shape index (κ1) is 14.0. The summed E-state index contributed by atoms with van der Waals surface area (Å²) in [5.74, 6) is 1.24. The molecule has 0 rings (SSSR count). The number of thiol groups is 2. The van der Waals surface area contributed by atoms with Crippen LogP contribution in [0.2, 0.25) is 0 Å². The number of hydrogen-bond acceptors (Lipinski definition) is 4. The van der Waals surface area contributed by atoms with Gasteiger partial charge in [0.25, 0.3) is 0 Å². The van der Waals surface area contributed by atoms with Gasteiger partial charge in [-0.2, -0.15) is 25.3 Å². The Bertz CT molecular complexity index is 168. The minimum atomic E-state index is -0.282. The lowest BCUT2D eigenvalue weighted by Crippen LogP contribution is -2.46. The lowest BCUT2D eigenvalue weighted by molar-refractivity contribution is 0.0850. The van der Waals surface area contributed by atoms with Gasteiger partial charge < -0.3 is 9.64 Å². The van der Waals surface area contributed by atoms with E-state index in [0.29, 0.717) is 18.1 Å². The van der Waals surface area contributed by atoms with Crippen LogP contribution in [0.25, 0.3) is 0 Å². The van der Waals surface area contributed by atoms with Crippen molar-refractivity contribution in [1.82, 2.24) is 4.90 Å². The molecule has 5 heteroatoms. The fourth-order valence-electron chi connectivity index (χ4n) is 1.17. The van der Waals surface area contributed by atoms with E-state index in [1.165, 1.54) is 0 Å². The van der Waals surface area contributed by atoms with Gasteiger partial charge in [0.15, 0.2) is 0 Å². The largest absolute Gasteiger partial charge is 0.450 e. The average Bonchev–Trinajstić information content (AvgIpc) is 2.17. The van der Waals surface area contributed by atoms with Crippen molar-refractivity contribution in [3.05, 3.63) is 0 Å². The normalized spacial score (nSPS) is 14.6. The Balaban J connectivity index is 4.45. The summed E-state index contributed by atoms with van der Waals surface area (Å²) in [5.41, 5.74) is 0. The van der Waals surface area contributed by atoms with Crippen LogP contribution < -0.4 is 0 Å². The topological polar surface area (TPSA) is 29.5 Å². The summed E-state index contributed by atoms with van der Waals surface area (Å²) in [5, 5.41) is 0. The molecule has 0 aliphatic rings. The fraction of sp³-hybridized carbons (Fsp3) is 0.889. The van der Waals surface area contributed by atoms with Gasteiger partial charge in [0.1, 0.15) is 0 Å². The molecule has 0 aromatic carbocycles. The van der Waals surface area contributed by atoms with Gasteiger partial charge >= 0.3 is 6.09 Å². The van der Waals surface area contributed by atoms with Crippen LogP contribution in [0.4, 0.5) is 4.79 Å². The average molecular weight is 237 g/mol. The summed E-state index contributed by atoms with van der Waals surface area (Å²) in [4.78, 5) is 13.3. The quantitative estimate of drug-likeness (QED) is 0.717. The maximum absolute atomic E-state index is 11.6. The van der Waals surface area contributed by atoms with E-state index in [9.17, 15) is 4.79 Å². The van der Waals surface area contributed by atoms with Gasteiger partial charge in [-0.15, -0.1) is 0 Å². The van der Waals surface area contributed by atoms with E-state index < -0.39 is 0 Å². The molecule has 0 heterocycles. The molecule has 0 aromatic heterocycles. The van der Waals surface area contributed by atoms with Crippen molar-refractivity contribution in [1.29, 1.82) is 0 Å². The van der Waals surface area contributed by atoms with E-state index in [-0.39, 0.29) is 18.2 Å². The Morgan fingerprint density at radius 1 is 1.29 bits per heavy atom. The molecular formula is C9H19NO2S2. The predicted octanol–water partition coefficient (Wildman–Crippen LogP) is 2.08. The number of carbonyl (C=O) groups excluding carboxylic acids is 1. The highest BCUT2D eigenvalue weighted by molar-refractivity contribution is 7.80. The second-order valence-electron chi connectivity index (χ2n) is 3.17. The van der Waals surface area contributed by atoms with Crippen LogP contribution in [-0.2, 0) is 4.74 Å². The number of carbonyl (C=O) groups is 1. The predicted molar refractivity (Wildman–Crippen MR) is 65.5 cm³/mol. The third-order valence-corrected chi connectivity index (χ3v) is 3.01. The number of rotatable bonds is 5. The molecule has 0 radical (unpaired) electrons. The molecule has 0 aromatic rings. The zero-order chi connectivity index (χ0) is 11.1. The van der Waals surface area contributed by atoms with Crippen LogP contribution in [0.3, 0.4) is 0 Å². The third-order valence-electron chi connectivity index (χ3n) is 1.96. The Morgan fingerprint density at radius 3 is 2.00 bits per heavy atom. The maximum atomic E-state index is 11.6. The molecule has 0 saturated carbocycles. The highest BCUT2D eigenvalue weighted by Gasteiger charge is 2.24. The molecule has 14 heavy (non-hydrogen) atoms. The number of nitrogens with zero attached hydrogens (tertiary/aromatic N) is 1. The van der Waals surface area contributed by atoms with E-state index in [1.807, 2.05) is 13.8 Å². The van der Waals surface area contributed by atoms with Crippen molar-refractivity contribution < 1.29 is 9.53 Å². The molecular weight excluding hydrogens is 218 g/mol. The van der Waals surface area contributed by atoms with Gasteiger partial charge in [-0.3, -0.25) is 0 Å². The van der Waals surface area contributed by atoms with Gasteiger partial charge in [-0.25, -0.2) is 4.79 Å². The van der Waals surface area contributed by atoms with Gasteiger partial charge in [-0.1, -0.05) is 0 Å². The van der Waals surface area contributed by atoms with Crippen molar-refractivity contribution >= 4 is 31.4 Å². The summed E-state index contributed by atoms with van der Waals surface area (Å²) in [6.45, 7) is 6.09. The summed E-state index contributed by atoms with van der Waals surface area (Å²) in [7, 11) is 0. The lowest BCUT2D eigenvalue weighted by Gasteiger charge is -2.32. The molecule has 0 aliphatic carbocycles. The zero-order valence-corrected chi connectivity index (χ0v) is 10.7. The second-order valence-corrected chi connectivity index (χ2v) is 3.90. The minimum Gasteiger partial charge on any atom is -0.450 e. The molecule has 0 aliphatic heterocycles. The SMILES string of the molecule is CCOC(=O)N(C(C)CS)C(C)CS. The van der Waals surface area contributed by atoms with Gasteiger partial charge in [0.2, 0.25) is 0 Å². The van der Waals surface area contributed by atoms with Crippen LogP contribution in [0.5, 0.6) is 0 Å². The summed E-state index contributed by atoms with van der Waals surface area (Å²) < 4.78 is 4.97. The van der Waals surface area contributed by atoms with Crippen molar-refractivity contribution in [3.63, 3.8) is 0 Å². The number of ether oxygens (including phenoxy) is 1. The van der Waals surface area contributed by atoms with Crippen molar-refractivity contribution in [2.75, 3.05) is 18.1 Å². The highest BCUT2D eigenvalue weighted by Crippen LogP contribution is 2.10. The molecule has 2 unspecified atom stereocenters. The molecule has 2 atom stereocenters. The Kier molecular flexibility index (Phi) is 7.27. The fourth-order valence-corrected chi connectivity index (χ4v) is 1.52. The monoisotopic (exact) mass is 237 g/mol. The van der Waals surface area contributed by atoms with Crippen LogP contribution in [0.1, 0.15) is 20.8 Å². The van der Waals surface area contributed by atoms with E-state index >= 15 is 0 Å². The standard InChI is InChI=1S/C9H19NO2S2/c1-4-12-9(11)10(7(2)5-13)8(3)6-14/h7-8,13-14H,4-6H2,1-3H3. The van der Waals surface area contributed by atoms with E-state index in [2.05, 4.69) is 25.3 Å². The molecule has 0 fully saturated rings. The van der Waals surface area contributed by atoms with Crippen LogP contribution >= 0.6 is 25.3 Å². The first-order valence-corrected chi connectivity index (χ1v) is 6.01. The van der Waals surface area contributed by atoms with Gasteiger partial charge in [0.05, 0.1) is 6.61 Å². The maximum Gasteiger partial charge on any atom is 0.410 e. The van der Waals surface area contributed by atoms with Crippen LogP contribution in [0.15, 0.2) is 0 Å². The Morgan fingerprint density at radius 2 is 1.71 bits per heavy atom. The van der Waals surface area contributed by atoms with Crippen molar-refractivity contribution in [2.24, 2.45) is 0 Å². The first-order chi connectivity index (χ1) is 6.58. The van der Waals surface area contributed by atoms with Crippen molar-refractivity contribution in [2.45, 2.75) is 32.9 Å². The number of amides is 1.